The monoisotopic (exact) mass is 283 g/mol. The Morgan fingerprint density at radius 2 is 1.70 bits per heavy atom. The van der Waals surface area contributed by atoms with E-state index in [1.807, 2.05) is 0 Å². The number of nitrogens with one attached hydrogen (secondary N) is 1. The minimum Gasteiger partial charge on any atom is -0.390 e. The number of aromatic amines is 1. The van der Waals surface area contributed by atoms with E-state index in [9.17, 15) is 22.8 Å². The first kappa shape index (κ1) is 13.9. The Morgan fingerprint density at radius 1 is 1.10 bits per heavy atom. The number of esters is 2. The van der Waals surface area contributed by atoms with Gasteiger partial charge in [-0.05, 0) is 6.07 Å². The standard InChI is InChI=1S/C13H8F3NO3/c1-6(18)20-13(19)7-2-11(17-5-7)12-9(15)3-8(14)4-10(12)16/h2-5,17H,1H3. The van der Waals surface area contributed by atoms with Crippen LogP contribution < -0.4 is 0 Å². The van der Waals surface area contributed by atoms with Crippen molar-refractivity contribution >= 4 is 11.9 Å². The third-order valence-corrected chi connectivity index (χ3v) is 2.43. The van der Waals surface area contributed by atoms with E-state index in [1.54, 1.807) is 0 Å². The molecule has 0 aliphatic rings. The van der Waals surface area contributed by atoms with Crippen molar-refractivity contribution in [2.75, 3.05) is 0 Å². The number of carbonyl (C=O) groups is 2. The van der Waals surface area contributed by atoms with Crippen LogP contribution in [0.2, 0.25) is 0 Å². The maximum atomic E-state index is 13.5. The van der Waals surface area contributed by atoms with Crippen molar-refractivity contribution in [1.82, 2.24) is 4.98 Å². The molecule has 4 nitrogen and oxygen atoms in total. The fraction of sp³-hybridized carbons (Fsp3) is 0.0769. The number of rotatable bonds is 2. The van der Waals surface area contributed by atoms with Gasteiger partial charge in [0.2, 0.25) is 0 Å². The molecule has 0 atom stereocenters. The molecule has 1 heterocycles. The molecule has 2 rings (SSSR count). The highest BCUT2D eigenvalue weighted by Gasteiger charge is 2.18. The maximum absolute atomic E-state index is 13.5. The minimum atomic E-state index is -1.11. The largest absolute Gasteiger partial charge is 0.390 e. The molecule has 0 amide bonds. The summed E-state index contributed by atoms with van der Waals surface area (Å²) in [4.78, 5) is 24.5. The third kappa shape index (κ3) is 2.71. The Kier molecular flexibility index (Phi) is 3.60. The van der Waals surface area contributed by atoms with Crippen LogP contribution in [0.5, 0.6) is 0 Å². The van der Waals surface area contributed by atoms with E-state index in [0.717, 1.165) is 19.2 Å². The lowest BCUT2D eigenvalue weighted by molar-refractivity contribution is -0.135. The van der Waals surface area contributed by atoms with Crippen LogP contribution in [0, 0.1) is 17.5 Å². The molecule has 0 radical (unpaired) electrons. The third-order valence-electron chi connectivity index (χ3n) is 2.43. The van der Waals surface area contributed by atoms with Crippen molar-refractivity contribution in [3.8, 4) is 11.3 Å². The number of hydrogen-bond acceptors (Lipinski definition) is 3. The van der Waals surface area contributed by atoms with E-state index in [4.69, 9.17) is 0 Å². The van der Waals surface area contributed by atoms with Gasteiger partial charge in [0.25, 0.3) is 0 Å². The number of aromatic nitrogens is 1. The van der Waals surface area contributed by atoms with Gasteiger partial charge in [-0.15, -0.1) is 0 Å². The minimum absolute atomic E-state index is 0.0736. The summed E-state index contributed by atoms with van der Waals surface area (Å²) in [5, 5.41) is 0. The summed E-state index contributed by atoms with van der Waals surface area (Å²) < 4.78 is 44.2. The summed E-state index contributed by atoms with van der Waals surface area (Å²) in [5.41, 5.74) is -0.665. The topological polar surface area (TPSA) is 59.2 Å². The number of H-pyrrole nitrogens is 1. The summed E-state index contributed by atoms with van der Waals surface area (Å²) in [6.45, 7) is 1.05. The first-order chi connectivity index (χ1) is 9.38. The lowest BCUT2D eigenvalue weighted by Gasteiger charge is -2.02. The molecule has 0 aliphatic heterocycles. The van der Waals surface area contributed by atoms with Gasteiger partial charge in [-0.1, -0.05) is 0 Å². The number of benzene rings is 1. The Bertz CT molecular complexity index is 671. The molecule has 0 aliphatic carbocycles. The lowest BCUT2D eigenvalue weighted by atomic mass is 10.1. The summed E-state index contributed by atoms with van der Waals surface area (Å²) in [6.07, 6.45) is 1.13. The van der Waals surface area contributed by atoms with E-state index < -0.39 is 35.0 Å². The van der Waals surface area contributed by atoms with E-state index in [2.05, 4.69) is 9.72 Å². The van der Waals surface area contributed by atoms with Crippen LogP contribution in [0.25, 0.3) is 11.3 Å². The van der Waals surface area contributed by atoms with Crippen molar-refractivity contribution in [3.05, 3.63) is 47.4 Å². The first-order valence-corrected chi connectivity index (χ1v) is 5.44. The Morgan fingerprint density at radius 3 is 2.25 bits per heavy atom. The van der Waals surface area contributed by atoms with Gasteiger partial charge in [0, 0.05) is 25.3 Å². The van der Waals surface area contributed by atoms with Gasteiger partial charge in [-0.25, -0.2) is 18.0 Å². The molecule has 104 valence electrons. The van der Waals surface area contributed by atoms with E-state index in [0.29, 0.717) is 12.1 Å². The molecule has 0 saturated heterocycles. The highest BCUT2D eigenvalue weighted by atomic mass is 19.1. The van der Waals surface area contributed by atoms with Gasteiger partial charge in [0.1, 0.15) is 17.5 Å². The van der Waals surface area contributed by atoms with Crippen molar-refractivity contribution in [2.24, 2.45) is 0 Å². The maximum Gasteiger partial charge on any atom is 0.347 e. The van der Waals surface area contributed by atoms with E-state index in [-0.39, 0.29) is 11.3 Å². The van der Waals surface area contributed by atoms with Gasteiger partial charge >= 0.3 is 11.9 Å². The molecule has 1 aromatic heterocycles. The number of halogens is 3. The predicted octanol–water partition coefficient (Wildman–Crippen LogP) is 2.80. The molecule has 0 bridgehead atoms. The molecule has 0 spiro atoms. The summed E-state index contributed by atoms with van der Waals surface area (Å²) >= 11 is 0. The molecule has 2 aromatic rings. The number of hydrogen-bond donors (Lipinski definition) is 1. The lowest BCUT2D eigenvalue weighted by Crippen LogP contribution is -2.08. The van der Waals surface area contributed by atoms with Gasteiger partial charge in [-0.3, -0.25) is 4.79 Å². The molecule has 20 heavy (non-hydrogen) atoms. The average Bonchev–Trinajstić information content (AvgIpc) is 2.75. The fourth-order valence-corrected chi connectivity index (χ4v) is 1.65. The van der Waals surface area contributed by atoms with Gasteiger partial charge in [-0.2, -0.15) is 0 Å². The molecule has 7 heteroatoms. The van der Waals surface area contributed by atoms with Crippen LogP contribution in [0.1, 0.15) is 17.3 Å². The molecule has 1 aromatic carbocycles. The second-order valence-corrected chi connectivity index (χ2v) is 3.93. The van der Waals surface area contributed by atoms with Crippen molar-refractivity contribution in [1.29, 1.82) is 0 Å². The summed E-state index contributed by atoms with van der Waals surface area (Å²) in [7, 11) is 0. The molecule has 0 saturated carbocycles. The predicted molar refractivity (Wildman–Crippen MR) is 62.2 cm³/mol. The van der Waals surface area contributed by atoms with Gasteiger partial charge in [0.15, 0.2) is 0 Å². The van der Waals surface area contributed by atoms with Crippen LogP contribution in [-0.4, -0.2) is 16.9 Å². The molecular formula is C13H8F3NO3. The van der Waals surface area contributed by atoms with Gasteiger partial charge < -0.3 is 9.72 Å². The van der Waals surface area contributed by atoms with Crippen molar-refractivity contribution in [2.45, 2.75) is 6.92 Å². The van der Waals surface area contributed by atoms with Crippen LogP contribution in [0.4, 0.5) is 13.2 Å². The Balaban J connectivity index is 2.39. The van der Waals surface area contributed by atoms with Crippen LogP contribution >= 0.6 is 0 Å². The average molecular weight is 283 g/mol. The van der Waals surface area contributed by atoms with Crippen molar-refractivity contribution in [3.63, 3.8) is 0 Å². The molecule has 0 fully saturated rings. The molecule has 1 N–H and O–H groups in total. The Labute approximate surface area is 111 Å². The highest BCUT2D eigenvalue weighted by Crippen LogP contribution is 2.26. The second-order valence-electron chi connectivity index (χ2n) is 3.93. The van der Waals surface area contributed by atoms with Crippen LogP contribution in [0.15, 0.2) is 24.4 Å². The zero-order chi connectivity index (χ0) is 14.9. The zero-order valence-electron chi connectivity index (χ0n) is 10.2. The SMILES string of the molecule is CC(=O)OC(=O)c1c[nH]c(-c2c(F)cc(F)cc2F)c1. The normalized spacial score (nSPS) is 10.4. The van der Waals surface area contributed by atoms with E-state index >= 15 is 0 Å². The number of ether oxygens (including phenoxy) is 1. The highest BCUT2D eigenvalue weighted by molar-refractivity contribution is 5.97. The molecular weight excluding hydrogens is 275 g/mol. The Hall–Kier alpha value is -2.57. The fourth-order valence-electron chi connectivity index (χ4n) is 1.65. The summed E-state index contributed by atoms with van der Waals surface area (Å²) in [5.74, 6) is -5.04. The van der Waals surface area contributed by atoms with Gasteiger partial charge in [0.05, 0.1) is 16.8 Å². The zero-order valence-corrected chi connectivity index (χ0v) is 10.2. The van der Waals surface area contributed by atoms with Crippen molar-refractivity contribution < 1.29 is 27.5 Å². The van der Waals surface area contributed by atoms with Crippen LogP contribution in [0.3, 0.4) is 0 Å². The molecule has 0 unspecified atom stereocenters. The van der Waals surface area contributed by atoms with Crippen LogP contribution in [-0.2, 0) is 9.53 Å². The number of carbonyl (C=O) groups excluding carboxylic acids is 2. The van der Waals surface area contributed by atoms with E-state index in [1.165, 1.54) is 0 Å². The summed E-state index contributed by atoms with van der Waals surface area (Å²) in [6, 6.07) is 2.14. The quantitative estimate of drug-likeness (QED) is 0.681. The first-order valence-electron chi connectivity index (χ1n) is 5.44. The second kappa shape index (κ2) is 5.20. The smallest absolute Gasteiger partial charge is 0.347 e.